The van der Waals surface area contributed by atoms with Crippen LogP contribution in [0.25, 0.3) is 0 Å². The van der Waals surface area contributed by atoms with Crippen LogP contribution in [0.5, 0.6) is 0 Å². The summed E-state index contributed by atoms with van der Waals surface area (Å²) in [7, 11) is 0. The first-order chi connectivity index (χ1) is 7.27. The molecule has 0 radical (unpaired) electrons. The zero-order valence-corrected chi connectivity index (χ0v) is 14.0. The average Bonchev–Trinajstić information content (AvgIpc) is 2.30. The first-order valence-electron chi connectivity index (χ1n) is 5.02. The molecule has 2 heterocycles. The summed E-state index contributed by atoms with van der Waals surface area (Å²) in [5, 5.41) is 7.33. The number of pyridine rings is 1. The van der Waals surface area contributed by atoms with E-state index in [0.717, 1.165) is 32.0 Å². The minimum Gasteiger partial charge on any atom is -0.370 e. The van der Waals surface area contributed by atoms with Crippen LogP contribution in [0, 0.1) is 5.41 Å². The predicted molar refractivity (Wildman–Crippen MR) is 90.8 cm³/mol. The van der Waals surface area contributed by atoms with Gasteiger partial charge in [-0.3, -0.25) is 5.41 Å². The smallest absolute Gasteiger partial charge is 0.188 e. The number of nitrogens with one attached hydrogen (secondary N) is 1. The zero-order chi connectivity index (χ0) is 10.7. The molecule has 2 rings (SSSR count). The van der Waals surface area contributed by atoms with Crippen LogP contribution in [-0.2, 0) is 0 Å². The normalized spacial score (nSPS) is 14.6. The van der Waals surface area contributed by atoms with Crippen molar-refractivity contribution in [1.82, 2.24) is 9.88 Å². The Hall–Kier alpha value is -0.320. The van der Waals surface area contributed by atoms with E-state index in [1.54, 1.807) is 6.20 Å². The monoisotopic (exact) mass is 461 g/mol. The highest BCUT2D eigenvalue weighted by Crippen LogP contribution is 2.11. The molecule has 3 N–H and O–H groups in total. The number of hydrogen-bond acceptors (Lipinski definition) is 3. The van der Waals surface area contributed by atoms with Crippen molar-refractivity contribution in [3.8, 4) is 0 Å². The Balaban J connectivity index is 0.00000128. The van der Waals surface area contributed by atoms with Crippen molar-refractivity contribution in [3.05, 3.63) is 24.4 Å². The minimum atomic E-state index is 0. The lowest BCUT2D eigenvalue weighted by molar-refractivity contribution is 0.379. The van der Waals surface area contributed by atoms with Crippen LogP contribution in [-0.4, -0.2) is 42.0 Å². The van der Waals surface area contributed by atoms with Gasteiger partial charge in [-0.05, 0) is 12.1 Å². The van der Waals surface area contributed by atoms with Crippen LogP contribution >= 0.6 is 48.0 Å². The summed E-state index contributed by atoms with van der Waals surface area (Å²) >= 11 is 0. The summed E-state index contributed by atoms with van der Waals surface area (Å²) < 4.78 is 0. The van der Waals surface area contributed by atoms with E-state index in [4.69, 9.17) is 11.1 Å². The van der Waals surface area contributed by atoms with Gasteiger partial charge in [-0.2, -0.15) is 0 Å². The van der Waals surface area contributed by atoms with Gasteiger partial charge in [0, 0.05) is 32.4 Å². The van der Waals surface area contributed by atoms with E-state index in [-0.39, 0.29) is 53.9 Å². The Morgan fingerprint density at radius 1 is 1.18 bits per heavy atom. The van der Waals surface area contributed by atoms with E-state index in [9.17, 15) is 0 Å². The van der Waals surface area contributed by atoms with Crippen LogP contribution in [0.1, 0.15) is 0 Å². The fraction of sp³-hybridized carbons (Fsp3) is 0.400. The molecule has 1 fully saturated rings. The molecule has 1 aromatic rings. The molecule has 0 spiro atoms. The van der Waals surface area contributed by atoms with Crippen molar-refractivity contribution in [2.75, 3.05) is 31.1 Å². The molecule has 1 saturated heterocycles. The topological polar surface area (TPSA) is 69.2 Å². The first-order valence-corrected chi connectivity index (χ1v) is 5.02. The Labute approximate surface area is 135 Å². The number of nitrogens with two attached hydrogens (primary N) is 1. The third-order valence-electron chi connectivity index (χ3n) is 2.59. The molecular weight excluding hydrogens is 444 g/mol. The Morgan fingerprint density at radius 2 is 1.82 bits per heavy atom. The standard InChI is InChI=1S/C10H15N5.2HI/c11-10(12)15-7-5-14(6-8-15)9-3-1-2-4-13-9;;/h1-4H,5-8H2,(H3,11,12);2*1H. The van der Waals surface area contributed by atoms with Gasteiger partial charge in [0.15, 0.2) is 5.96 Å². The Morgan fingerprint density at radius 3 is 2.29 bits per heavy atom. The van der Waals surface area contributed by atoms with Crippen LogP contribution in [0.4, 0.5) is 5.82 Å². The lowest BCUT2D eigenvalue weighted by Gasteiger charge is -2.35. The van der Waals surface area contributed by atoms with Crippen LogP contribution in [0.2, 0.25) is 0 Å². The summed E-state index contributed by atoms with van der Waals surface area (Å²) in [6, 6.07) is 5.90. The second-order valence-electron chi connectivity index (χ2n) is 3.55. The van der Waals surface area contributed by atoms with Gasteiger partial charge in [0.2, 0.25) is 0 Å². The van der Waals surface area contributed by atoms with Gasteiger partial charge >= 0.3 is 0 Å². The first kappa shape index (κ1) is 16.7. The number of aromatic nitrogens is 1. The zero-order valence-electron chi connectivity index (χ0n) is 9.37. The van der Waals surface area contributed by atoms with Gasteiger partial charge < -0.3 is 15.5 Å². The molecule has 7 heteroatoms. The molecule has 0 aliphatic carbocycles. The molecule has 5 nitrogen and oxygen atoms in total. The molecule has 1 aliphatic rings. The lowest BCUT2D eigenvalue weighted by atomic mass is 10.3. The summed E-state index contributed by atoms with van der Waals surface area (Å²) in [6.45, 7) is 3.34. The number of rotatable bonds is 1. The van der Waals surface area contributed by atoms with Gasteiger partial charge in [-0.25, -0.2) is 4.98 Å². The third-order valence-corrected chi connectivity index (χ3v) is 2.59. The van der Waals surface area contributed by atoms with Gasteiger partial charge in [0.1, 0.15) is 5.82 Å². The molecule has 0 bridgehead atoms. The van der Waals surface area contributed by atoms with Crippen LogP contribution < -0.4 is 10.6 Å². The number of halogens is 2. The molecule has 1 aromatic heterocycles. The largest absolute Gasteiger partial charge is 0.370 e. The molecule has 96 valence electrons. The molecule has 1 aliphatic heterocycles. The summed E-state index contributed by atoms with van der Waals surface area (Å²) in [5.41, 5.74) is 5.43. The third kappa shape index (κ3) is 4.45. The maximum atomic E-state index is 7.33. The Bertz CT molecular complexity index is 338. The molecular formula is C10H17I2N5. The lowest BCUT2D eigenvalue weighted by Crippen LogP contribution is -2.51. The van der Waals surface area contributed by atoms with Gasteiger partial charge in [0.05, 0.1) is 0 Å². The van der Waals surface area contributed by atoms with Gasteiger partial charge in [-0.1, -0.05) is 6.07 Å². The van der Waals surface area contributed by atoms with E-state index < -0.39 is 0 Å². The number of anilines is 1. The minimum absolute atomic E-state index is 0. The second kappa shape index (κ2) is 7.90. The predicted octanol–water partition coefficient (Wildman–Crippen LogP) is 1.33. The van der Waals surface area contributed by atoms with Crippen molar-refractivity contribution in [2.45, 2.75) is 0 Å². The van der Waals surface area contributed by atoms with Crippen molar-refractivity contribution in [1.29, 1.82) is 5.41 Å². The second-order valence-corrected chi connectivity index (χ2v) is 3.55. The quantitative estimate of drug-likeness (QED) is 0.377. The van der Waals surface area contributed by atoms with Crippen LogP contribution in [0.3, 0.4) is 0 Å². The van der Waals surface area contributed by atoms with Crippen molar-refractivity contribution >= 4 is 59.7 Å². The van der Waals surface area contributed by atoms with Crippen LogP contribution in [0.15, 0.2) is 24.4 Å². The van der Waals surface area contributed by atoms with E-state index in [0.29, 0.717) is 0 Å². The van der Waals surface area contributed by atoms with E-state index >= 15 is 0 Å². The van der Waals surface area contributed by atoms with Crippen molar-refractivity contribution in [2.24, 2.45) is 5.73 Å². The van der Waals surface area contributed by atoms with E-state index in [2.05, 4.69) is 9.88 Å². The molecule has 0 aromatic carbocycles. The van der Waals surface area contributed by atoms with Crippen molar-refractivity contribution in [3.63, 3.8) is 0 Å². The highest BCUT2D eigenvalue weighted by Gasteiger charge is 2.17. The molecule has 0 saturated carbocycles. The molecule has 17 heavy (non-hydrogen) atoms. The highest BCUT2D eigenvalue weighted by molar-refractivity contribution is 14.0. The summed E-state index contributed by atoms with van der Waals surface area (Å²) in [4.78, 5) is 8.38. The van der Waals surface area contributed by atoms with Crippen molar-refractivity contribution < 1.29 is 0 Å². The fourth-order valence-electron chi connectivity index (χ4n) is 1.72. The number of hydrogen-bond donors (Lipinski definition) is 2. The maximum absolute atomic E-state index is 7.33. The summed E-state index contributed by atoms with van der Waals surface area (Å²) in [5.74, 6) is 1.16. The Kier molecular flexibility index (Phi) is 7.75. The average molecular weight is 461 g/mol. The maximum Gasteiger partial charge on any atom is 0.188 e. The molecule has 0 unspecified atom stereocenters. The molecule has 0 amide bonds. The SMILES string of the molecule is I.I.N=C(N)N1CCN(c2ccccn2)CC1. The van der Waals surface area contributed by atoms with E-state index in [1.165, 1.54) is 0 Å². The number of nitrogens with zero attached hydrogens (tertiary/aromatic N) is 3. The number of piperazine rings is 1. The van der Waals surface area contributed by atoms with Gasteiger partial charge in [-0.15, -0.1) is 48.0 Å². The molecule has 0 atom stereocenters. The fourth-order valence-corrected chi connectivity index (χ4v) is 1.72. The van der Waals surface area contributed by atoms with E-state index in [1.807, 2.05) is 23.1 Å². The van der Waals surface area contributed by atoms with Gasteiger partial charge in [0.25, 0.3) is 0 Å². The number of guanidine groups is 1. The summed E-state index contributed by atoms with van der Waals surface area (Å²) in [6.07, 6.45) is 1.80. The highest BCUT2D eigenvalue weighted by atomic mass is 127.